The van der Waals surface area contributed by atoms with E-state index in [1.807, 2.05) is 0 Å². The van der Waals surface area contributed by atoms with E-state index < -0.39 is 35.9 Å². The second kappa shape index (κ2) is 5.31. The van der Waals surface area contributed by atoms with Crippen LogP contribution < -0.4 is 5.46 Å². The fourth-order valence-electron chi connectivity index (χ4n) is 2.15. The number of rotatable bonds is 2. The molecule has 2 rings (SSSR count). The summed E-state index contributed by atoms with van der Waals surface area (Å²) in [6.07, 6.45) is 0. The number of halogens is 2. The van der Waals surface area contributed by atoms with Crippen LogP contribution >= 0.6 is 0 Å². The van der Waals surface area contributed by atoms with E-state index >= 15 is 0 Å². The van der Waals surface area contributed by atoms with Crippen LogP contribution in [-0.4, -0.2) is 43.2 Å². The first-order chi connectivity index (χ1) is 9.96. The minimum atomic E-state index is -1.14. The Balaban J connectivity index is 2.41. The molecule has 1 fully saturated rings. The normalized spacial score (nSPS) is 19.4. The summed E-state index contributed by atoms with van der Waals surface area (Å²) in [7, 11) is 1.88. The molecule has 0 atom stereocenters. The summed E-state index contributed by atoms with van der Waals surface area (Å²) in [6, 6.07) is 2.01. The van der Waals surface area contributed by atoms with Gasteiger partial charge in [-0.3, -0.25) is 4.79 Å². The summed E-state index contributed by atoms with van der Waals surface area (Å²) in [6.45, 7) is 7.19. The van der Waals surface area contributed by atoms with Gasteiger partial charge >= 0.3 is 7.12 Å². The SMILES string of the molecule is CN(C)C(=O)c1cc(F)c(B2OC(C)(C)C(C)(C)O2)c(F)c1. The molecule has 7 heteroatoms. The summed E-state index contributed by atoms with van der Waals surface area (Å²) in [5.41, 5.74) is -1.77. The first-order valence-corrected chi connectivity index (χ1v) is 7.02. The molecule has 1 saturated heterocycles. The second-order valence-electron chi connectivity index (χ2n) is 6.64. The summed E-state index contributed by atoms with van der Waals surface area (Å²) in [5.74, 6) is -2.19. The van der Waals surface area contributed by atoms with Crippen LogP contribution in [0.4, 0.5) is 8.78 Å². The van der Waals surface area contributed by atoms with Gasteiger partial charge in [0.15, 0.2) is 0 Å². The Morgan fingerprint density at radius 1 is 1.05 bits per heavy atom. The van der Waals surface area contributed by atoms with Crippen molar-refractivity contribution >= 4 is 18.5 Å². The average molecular weight is 311 g/mol. The lowest BCUT2D eigenvalue weighted by atomic mass is 9.77. The summed E-state index contributed by atoms with van der Waals surface area (Å²) < 4.78 is 40.0. The lowest BCUT2D eigenvalue weighted by Gasteiger charge is -2.32. The molecule has 120 valence electrons. The fraction of sp³-hybridized carbons (Fsp3) is 0.533. The Hall–Kier alpha value is -1.47. The van der Waals surface area contributed by atoms with Crippen LogP contribution in [0.2, 0.25) is 0 Å². The van der Waals surface area contributed by atoms with Gasteiger partial charge in [-0.05, 0) is 39.8 Å². The molecule has 0 bridgehead atoms. The third-order valence-corrected chi connectivity index (χ3v) is 4.22. The van der Waals surface area contributed by atoms with Crippen molar-refractivity contribution in [2.75, 3.05) is 14.1 Å². The zero-order chi connectivity index (χ0) is 16.9. The van der Waals surface area contributed by atoms with Gasteiger partial charge in [0, 0.05) is 19.7 Å². The second-order valence-corrected chi connectivity index (χ2v) is 6.64. The molecular formula is C15H20BF2NO3. The van der Waals surface area contributed by atoms with Crippen LogP contribution in [0.5, 0.6) is 0 Å². The van der Waals surface area contributed by atoms with E-state index in [1.54, 1.807) is 27.7 Å². The van der Waals surface area contributed by atoms with Crippen molar-refractivity contribution in [3.63, 3.8) is 0 Å². The highest BCUT2D eigenvalue weighted by Gasteiger charge is 2.53. The maximum Gasteiger partial charge on any atom is 0.500 e. The third kappa shape index (κ3) is 2.75. The quantitative estimate of drug-likeness (QED) is 0.784. The van der Waals surface area contributed by atoms with Crippen molar-refractivity contribution in [3.05, 3.63) is 29.3 Å². The van der Waals surface area contributed by atoms with E-state index in [0.717, 1.165) is 12.1 Å². The topological polar surface area (TPSA) is 38.8 Å². The molecule has 0 aliphatic carbocycles. The Bertz CT molecular complexity index is 578. The monoisotopic (exact) mass is 311 g/mol. The minimum Gasteiger partial charge on any atom is -0.399 e. The number of hydrogen-bond acceptors (Lipinski definition) is 3. The number of amides is 1. The van der Waals surface area contributed by atoms with E-state index in [0.29, 0.717) is 0 Å². The lowest BCUT2D eigenvalue weighted by molar-refractivity contribution is 0.00578. The molecule has 0 unspecified atom stereocenters. The molecule has 1 aromatic rings. The van der Waals surface area contributed by atoms with E-state index in [4.69, 9.17) is 9.31 Å². The van der Waals surface area contributed by atoms with Crippen molar-refractivity contribution in [1.82, 2.24) is 4.90 Å². The molecule has 0 saturated carbocycles. The zero-order valence-corrected chi connectivity index (χ0v) is 13.7. The van der Waals surface area contributed by atoms with E-state index in [9.17, 15) is 13.6 Å². The van der Waals surface area contributed by atoms with Gasteiger partial charge in [0.25, 0.3) is 5.91 Å². The smallest absolute Gasteiger partial charge is 0.399 e. The molecule has 1 heterocycles. The van der Waals surface area contributed by atoms with Gasteiger partial charge in [-0.1, -0.05) is 0 Å². The van der Waals surface area contributed by atoms with Gasteiger partial charge in [-0.15, -0.1) is 0 Å². The van der Waals surface area contributed by atoms with Crippen LogP contribution in [0.1, 0.15) is 38.1 Å². The molecule has 1 aliphatic heterocycles. The van der Waals surface area contributed by atoms with Crippen molar-refractivity contribution < 1.29 is 22.9 Å². The molecule has 4 nitrogen and oxygen atoms in total. The number of hydrogen-bond donors (Lipinski definition) is 0. The van der Waals surface area contributed by atoms with Crippen LogP contribution in [0.15, 0.2) is 12.1 Å². The molecule has 1 aliphatic rings. The Kier molecular flexibility index (Phi) is 4.08. The molecular weight excluding hydrogens is 291 g/mol. The van der Waals surface area contributed by atoms with E-state index in [1.165, 1.54) is 19.0 Å². The van der Waals surface area contributed by atoms with Crippen LogP contribution in [-0.2, 0) is 9.31 Å². The first-order valence-electron chi connectivity index (χ1n) is 7.02. The highest BCUT2D eigenvalue weighted by atomic mass is 19.1. The van der Waals surface area contributed by atoms with Crippen LogP contribution in [0.25, 0.3) is 0 Å². The molecule has 0 aromatic heterocycles. The molecule has 1 amide bonds. The van der Waals surface area contributed by atoms with Gasteiger partial charge in [-0.2, -0.15) is 0 Å². The fourth-order valence-corrected chi connectivity index (χ4v) is 2.15. The predicted octanol–water partition coefficient (Wildman–Crippen LogP) is 1.97. The Labute approximate surface area is 129 Å². The third-order valence-electron chi connectivity index (χ3n) is 4.22. The predicted molar refractivity (Wildman–Crippen MR) is 80.1 cm³/mol. The van der Waals surface area contributed by atoms with Gasteiger partial charge in [0.05, 0.1) is 16.7 Å². The maximum absolute atomic E-state index is 14.3. The van der Waals surface area contributed by atoms with Crippen LogP contribution in [0, 0.1) is 11.6 Å². The van der Waals surface area contributed by atoms with E-state index in [-0.39, 0.29) is 11.0 Å². The van der Waals surface area contributed by atoms with Gasteiger partial charge in [0.2, 0.25) is 0 Å². The standard InChI is InChI=1S/C15H20BF2NO3/c1-14(2)15(3,4)22-16(21-14)12-10(17)7-9(8-11(12)18)13(20)19(5)6/h7-8H,1-6H3. The minimum absolute atomic E-state index is 0.0553. The molecule has 0 spiro atoms. The Morgan fingerprint density at radius 2 is 1.45 bits per heavy atom. The maximum atomic E-state index is 14.3. The highest BCUT2D eigenvalue weighted by molar-refractivity contribution is 6.62. The summed E-state index contributed by atoms with van der Waals surface area (Å²) in [5, 5.41) is 0. The lowest BCUT2D eigenvalue weighted by Crippen LogP contribution is -2.41. The zero-order valence-electron chi connectivity index (χ0n) is 13.7. The number of nitrogens with zero attached hydrogens (tertiary/aromatic N) is 1. The summed E-state index contributed by atoms with van der Waals surface area (Å²) >= 11 is 0. The van der Waals surface area contributed by atoms with E-state index in [2.05, 4.69) is 0 Å². The van der Waals surface area contributed by atoms with Crippen molar-refractivity contribution in [2.45, 2.75) is 38.9 Å². The number of carbonyl (C=O) groups is 1. The van der Waals surface area contributed by atoms with Crippen LogP contribution in [0.3, 0.4) is 0 Å². The molecule has 22 heavy (non-hydrogen) atoms. The number of carbonyl (C=O) groups excluding carboxylic acids is 1. The molecule has 1 aromatic carbocycles. The first kappa shape index (κ1) is 16.9. The average Bonchev–Trinajstić information content (AvgIpc) is 2.55. The number of benzene rings is 1. The Morgan fingerprint density at radius 3 is 1.82 bits per heavy atom. The van der Waals surface area contributed by atoms with Crippen molar-refractivity contribution in [3.8, 4) is 0 Å². The highest BCUT2D eigenvalue weighted by Crippen LogP contribution is 2.36. The van der Waals surface area contributed by atoms with Crippen molar-refractivity contribution in [1.29, 1.82) is 0 Å². The van der Waals surface area contributed by atoms with Gasteiger partial charge in [0.1, 0.15) is 11.6 Å². The molecule has 0 N–H and O–H groups in total. The molecule has 0 radical (unpaired) electrons. The summed E-state index contributed by atoms with van der Waals surface area (Å²) in [4.78, 5) is 13.1. The van der Waals surface area contributed by atoms with Gasteiger partial charge < -0.3 is 14.2 Å². The van der Waals surface area contributed by atoms with Crippen molar-refractivity contribution in [2.24, 2.45) is 0 Å². The van der Waals surface area contributed by atoms with Gasteiger partial charge in [-0.25, -0.2) is 8.78 Å². The largest absolute Gasteiger partial charge is 0.500 e.